The zero-order valence-electron chi connectivity index (χ0n) is 12.8. The first kappa shape index (κ1) is 16.2. The molecule has 3 rings (SSSR count). The lowest BCUT2D eigenvalue weighted by atomic mass is 10.1. The fourth-order valence-electron chi connectivity index (χ4n) is 2.18. The van der Waals surface area contributed by atoms with Crippen molar-refractivity contribution in [3.63, 3.8) is 0 Å². The minimum absolute atomic E-state index is 0.180. The van der Waals surface area contributed by atoms with E-state index in [1.165, 1.54) is 17.8 Å². The molecule has 0 aliphatic carbocycles. The summed E-state index contributed by atoms with van der Waals surface area (Å²) in [6, 6.07) is 11.3. The second-order valence-corrected chi connectivity index (χ2v) is 5.70. The SMILES string of the molecule is CSc1ncccc1C(=O)NCc1cc(-c2ccccc2F)on1. The van der Waals surface area contributed by atoms with Crippen LogP contribution in [-0.2, 0) is 6.54 Å². The molecule has 3 aromatic rings. The highest BCUT2D eigenvalue weighted by Crippen LogP contribution is 2.23. The summed E-state index contributed by atoms with van der Waals surface area (Å²) in [7, 11) is 0. The normalized spacial score (nSPS) is 10.6. The maximum Gasteiger partial charge on any atom is 0.254 e. The van der Waals surface area contributed by atoms with Gasteiger partial charge in [-0.2, -0.15) is 0 Å². The Kier molecular flexibility index (Phi) is 4.90. The fraction of sp³-hybridized carbons (Fsp3) is 0.118. The highest BCUT2D eigenvalue weighted by Gasteiger charge is 2.14. The van der Waals surface area contributed by atoms with Gasteiger partial charge >= 0.3 is 0 Å². The molecular weight excluding hydrogens is 329 g/mol. The van der Waals surface area contributed by atoms with Crippen LogP contribution >= 0.6 is 11.8 Å². The molecule has 0 fully saturated rings. The summed E-state index contributed by atoms with van der Waals surface area (Å²) in [5.41, 5.74) is 1.35. The third-order valence-electron chi connectivity index (χ3n) is 3.34. The monoisotopic (exact) mass is 343 g/mol. The maximum atomic E-state index is 13.7. The molecule has 0 atom stereocenters. The Bertz CT molecular complexity index is 866. The lowest BCUT2D eigenvalue weighted by Gasteiger charge is -2.06. The van der Waals surface area contributed by atoms with Crippen LogP contribution < -0.4 is 5.32 Å². The molecule has 0 unspecified atom stereocenters. The number of carbonyl (C=O) groups excluding carboxylic acids is 1. The van der Waals surface area contributed by atoms with Gasteiger partial charge in [-0.15, -0.1) is 11.8 Å². The Morgan fingerprint density at radius 1 is 1.29 bits per heavy atom. The van der Waals surface area contributed by atoms with Crippen molar-refractivity contribution in [2.45, 2.75) is 11.6 Å². The van der Waals surface area contributed by atoms with E-state index in [4.69, 9.17) is 4.52 Å². The second kappa shape index (κ2) is 7.27. The summed E-state index contributed by atoms with van der Waals surface area (Å²) < 4.78 is 18.9. The summed E-state index contributed by atoms with van der Waals surface area (Å²) >= 11 is 1.40. The van der Waals surface area contributed by atoms with Crippen LogP contribution in [0.2, 0.25) is 0 Å². The van der Waals surface area contributed by atoms with E-state index in [0.717, 1.165) is 0 Å². The van der Waals surface area contributed by atoms with Gasteiger partial charge in [0.15, 0.2) is 5.76 Å². The van der Waals surface area contributed by atoms with Crippen LogP contribution in [0.25, 0.3) is 11.3 Å². The molecule has 0 aliphatic heterocycles. The predicted octanol–water partition coefficient (Wildman–Crippen LogP) is 3.53. The molecule has 0 bridgehead atoms. The van der Waals surface area contributed by atoms with E-state index < -0.39 is 0 Å². The molecule has 0 spiro atoms. The van der Waals surface area contributed by atoms with Crippen molar-refractivity contribution >= 4 is 17.7 Å². The van der Waals surface area contributed by atoms with Gasteiger partial charge < -0.3 is 9.84 Å². The average Bonchev–Trinajstić information content (AvgIpc) is 3.08. The third kappa shape index (κ3) is 3.46. The van der Waals surface area contributed by atoms with Gasteiger partial charge in [0.25, 0.3) is 5.91 Å². The van der Waals surface area contributed by atoms with Crippen molar-refractivity contribution in [2.75, 3.05) is 6.26 Å². The van der Waals surface area contributed by atoms with Gasteiger partial charge in [-0.3, -0.25) is 4.79 Å². The van der Waals surface area contributed by atoms with E-state index in [1.54, 1.807) is 42.6 Å². The van der Waals surface area contributed by atoms with E-state index in [0.29, 0.717) is 27.6 Å². The van der Waals surface area contributed by atoms with Gasteiger partial charge in [-0.1, -0.05) is 17.3 Å². The lowest BCUT2D eigenvalue weighted by molar-refractivity contribution is 0.0946. The highest BCUT2D eigenvalue weighted by molar-refractivity contribution is 7.98. The zero-order valence-corrected chi connectivity index (χ0v) is 13.6. The molecule has 1 N–H and O–H groups in total. The summed E-state index contributed by atoms with van der Waals surface area (Å²) in [4.78, 5) is 16.4. The van der Waals surface area contributed by atoms with E-state index in [1.807, 2.05) is 6.26 Å². The molecule has 7 heteroatoms. The van der Waals surface area contributed by atoms with Crippen molar-refractivity contribution in [3.8, 4) is 11.3 Å². The molecule has 0 aliphatic rings. The van der Waals surface area contributed by atoms with Crippen LogP contribution in [0.5, 0.6) is 0 Å². The molecule has 0 saturated carbocycles. The highest BCUT2D eigenvalue weighted by atomic mass is 32.2. The number of hydrogen-bond donors (Lipinski definition) is 1. The smallest absolute Gasteiger partial charge is 0.254 e. The molecule has 2 heterocycles. The molecule has 24 heavy (non-hydrogen) atoms. The number of carbonyl (C=O) groups is 1. The number of hydrogen-bond acceptors (Lipinski definition) is 5. The Balaban J connectivity index is 1.70. The van der Waals surface area contributed by atoms with Crippen molar-refractivity contribution in [2.24, 2.45) is 0 Å². The number of halogens is 1. The maximum absolute atomic E-state index is 13.7. The molecule has 1 amide bonds. The summed E-state index contributed by atoms with van der Waals surface area (Å²) in [6.45, 7) is 0.180. The third-order valence-corrected chi connectivity index (χ3v) is 4.05. The van der Waals surface area contributed by atoms with Crippen LogP contribution in [0.3, 0.4) is 0 Å². The molecule has 0 saturated heterocycles. The topological polar surface area (TPSA) is 68.0 Å². The van der Waals surface area contributed by atoms with Crippen molar-refractivity contribution in [1.82, 2.24) is 15.5 Å². The van der Waals surface area contributed by atoms with Gasteiger partial charge in [0.05, 0.1) is 17.7 Å². The van der Waals surface area contributed by atoms with Crippen molar-refractivity contribution < 1.29 is 13.7 Å². The first-order chi connectivity index (χ1) is 11.7. The van der Waals surface area contributed by atoms with E-state index in [2.05, 4.69) is 15.5 Å². The molecular formula is C17H14FN3O2S. The van der Waals surface area contributed by atoms with Crippen LogP contribution in [0.15, 0.2) is 58.2 Å². The van der Waals surface area contributed by atoms with Crippen molar-refractivity contribution in [1.29, 1.82) is 0 Å². The van der Waals surface area contributed by atoms with Crippen LogP contribution in [-0.4, -0.2) is 22.3 Å². The van der Waals surface area contributed by atoms with E-state index >= 15 is 0 Å². The first-order valence-electron chi connectivity index (χ1n) is 7.16. The number of nitrogens with one attached hydrogen (secondary N) is 1. The Hall–Kier alpha value is -2.67. The van der Waals surface area contributed by atoms with Crippen LogP contribution in [0.1, 0.15) is 16.1 Å². The number of rotatable bonds is 5. The van der Waals surface area contributed by atoms with Gasteiger partial charge in [-0.05, 0) is 30.5 Å². The van der Waals surface area contributed by atoms with Gasteiger partial charge in [0, 0.05) is 12.3 Å². The summed E-state index contributed by atoms with van der Waals surface area (Å²) in [5, 5.41) is 7.28. The van der Waals surface area contributed by atoms with E-state index in [9.17, 15) is 9.18 Å². The minimum Gasteiger partial charge on any atom is -0.356 e. The molecule has 5 nitrogen and oxygen atoms in total. The standard InChI is InChI=1S/C17H14FN3O2S/c1-24-17-13(6-4-8-19-17)16(22)20-10-11-9-15(23-21-11)12-5-2-3-7-14(12)18/h2-9H,10H2,1H3,(H,20,22). The number of thioether (sulfide) groups is 1. The number of benzene rings is 1. The Morgan fingerprint density at radius 2 is 2.12 bits per heavy atom. The molecule has 2 aromatic heterocycles. The van der Waals surface area contributed by atoms with Gasteiger partial charge in [0.1, 0.15) is 16.5 Å². The first-order valence-corrected chi connectivity index (χ1v) is 8.39. The second-order valence-electron chi connectivity index (χ2n) is 4.91. The minimum atomic E-state index is -0.385. The van der Waals surface area contributed by atoms with Crippen molar-refractivity contribution in [3.05, 3.63) is 65.7 Å². The Morgan fingerprint density at radius 3 is 2.92 bits per heavy atom. The molecule has 1 aromatic carbocycles. The quantitative estimate of drug-likeness (QED) is 0.718. The van der Waals surface area contributed by atoms with E-state index in [-0.39, 0.29) is 18.3 Å². The predicted molar refractivity (Wildman–Crippen MR) is 89.1 cm³/mol. The number of aromatic nitrogens is 2. The molecule has 0 radical (unpaired) electrons. The zero-order chi connectivity index (χ0) is 16.9. The lowest BCUT2D eigenvalue weighted by Crippen LogP contribution is -2.23. The summed E-state index contributed by atoms with van der Waals surface area (Å²) in [5.74, 6) is -0.310. The van der Waals surface area contributed by atoms with Crippen LogP contribution in [0, 0.1) is 5.82 Å². The average molecular weight is 343 g/mol. The van der Waals surface area contributed by atoms with Crippen LogP contribution in [0.4, 0.5) is 4.39 Å². The Labute approximate surface area is 142 Å². The number of nitrogens with zero attached hydrogens (tertiary/aromatic N) is 2. The largest absolute Gasteiger partial charge is 0.356 e. The number of amides is 1. The van der Waals surface area contributed by atoms with Gasteiger partial charge in [0.2, 0.25) is 0 Å². The number of pyridine rings is 1. The fourth-order valence-corrected chi connectivity index (χ4v) is 2.72. The van der Waals surface area contributed by atoms with Gasteiger partial charge in [-0.25, -0.2) is 9.37 Å². The summed E-state index contributed by atoms with van der Waals surface area (Å²) in [6.07, 6.45) is 3.50. The molecule has 122 valence electrons.